The van der Waals surface area contributed by atoms with Crippen LogP contribution in [0.2, 0.25) is 0 Å². The molecule has 0 saturated heterocycles. The van der Waals surface area contributed by atoms with Crippen LogP contribution in [0.15, 0.2) is 98.1 Å². The second kappa shape index (κ2) is 25.0. The second-order valence-corrected chi connectivity index (χ2v) is 9.10. The Labute approximate surface area is 270 Å². The summed E-state index contributed by atoms with van der Waals surface area (Å²) in [6, 6.07) is 21.2. The molecular formula is C36H42O10. The number of benzene rings is 3. The number of ether oxygens (including phenoxy) is 6. The summed E-state index contributed by atoms with van der Waals surface area (Å²) in [4.78, 5) is 43.2. The van der Waals surface area contributed by atoms with E-state index in [-0.39, 0.29) is 12.6 Å². The lowest BCUT2D eigenvalue weighted by molar-refractivity contribution is -0.138. The van der Waals surface area contributed by atoms with Crippen LogP contribution in [0, 0.1) is 0 Å². The largest absolute Gasteiger partial charge is 0.497 e. The first-order chi connectivity index (χ1) is 22.4. The summed E-state index contributed by atoms with van der Waals surface area (Å²) in [5, 5.41) is 0. The lowest BCUT2D eigenvalue weighted by Gasteiger charge is -2.08. The number of esters is 2. The molecule has 10 heteroatoms. The minimum atomic E-state index is -0.449. The van der Waals surface area contributed by atoms with E-state index in [0.717, 1.165) is 23.7 Å². The van der Waals surface area contributed by atoms with Gasteiger partial charge in [0, 0.05) is 30.9 Å². The van der Waals surface area contributed by atoms with Gasteiger partial charge in [-0.1, -0.05) is 24.8 Å². The van der Waals surface area contributed by atoms with Crippen molar-refractivity contribution in [3.05, 3.63) is 115 Å². The zero-order valence-electron chi connectivity index (χ0n) is 26.4. The average molecular weight is 635 g/mol. The summed E-state index contributed by atoms with van der Waals surface area (Å²) in [5.41, 5.74) is 2.14. The van der Waals surface area contributed by atoms with Crippen molar-refractivity contribution in [1.29, 1.82) is 0 Å². The number of hydrogen-bond donors (Lipinski definition) is 0. The first-order valence-corrected chi connectivity index (χ1v) is 14.5. The molecule has 3 aromatic rings. The molecule has 0 aliphatic heterocycles. The molecule has 0 aliphatic rings. The van der Waals surface area contributed by atoms with Crippen LogP contribution in [0.1, 0.15) is 46.0 Å². The maximum absolute atomic E-state index is 12.1. The molecule has 0 unspecified atom stereocenters. The number of methoxy groups -OCH3 is 1. The van der Waals surface area contributed by atoms with Crippen LogP contribution in [0.25, 0.3) is 0 Å². The standard InChI is InChI=1S/C22H24O6.C11H12O4.C3H6/c1-3-21(23)27-15-4-14-26-20-11-7-18(8-12-20)22(24)28-16-13-17-5-9-19(25-2)10-6-17;12-8-10-2-4-11(5-3-10)15-7-1-6-14-9-13;1-3-2/h3,5-12H,1,4,13-16H2,2H3;2-5,8-9H,1,6-7H2;3H,1H2,2H3. The molecule has 0 N–H and O–H groups in total. The van der Waals surface area contributed by atoms with Crippen LogP contribution in [0.4, 0.5) is 0 Å². The van der Waals surface area contributed by atoms with Crippen LogP contribution >= 0.6 is 0 Å². The fraction of sp³-hybridized carbons (Fsp3) is 0.278. The Balaban J connectivity index is 0.000000493. The van der Waals surface area contributed by atoms with Crippen molar-refractivity contribution in [1.82, 2.24) is 0 Å². The molecule has 0 heterocycles. The normalized spacial score (nSPS) is 9.43. The highest BCUT2D eigenvalue weighted by molar-refractivity contribution is 5.89. The van der Waals surface area contributed by atoms with Gasteiger partial charge in [-0.15, -0.1) is 6.58 Å². The molecule has 0 saturated carbocycles. The first-order valence-electron chi connectivity index (χ1n) is 14.5. The van der Waals surface area contributed by atoms with E-state index in [9.17, 15) is 19.2 Å². The van der Waals surface area contributed by atoms with Gasteiger partial charge in [0.25, 0.3) is 6.47 Å². The van der Waals surface area contributed by atoms with Gasteiger partial charge in [-0.2, -0.15) is 0 Å². The van der Waals surface area contributed by atoms with E-state index in [1.165, 1.54) is 0 Å². The summed E-state index contributed by atoms with van der Waals surface area (Å²) in [5.74, 6) is 1.30. The summed E-state index contributed by atoms with van der Waals surface area (Å²) in [7, 11) is 1.62. The predicted molar refractivity (Wildman–Crippen MR) is 175 cm³/mol. The van der Waals surface area contributed by atoms with Crippen LogP contribution in [0.3, 0.4) is 0 Å². The van der Waals surface area contributed by atoms with E-state index in [4.69, 9.17) is 23.7 Å². The third-order valence-corrected chi connectivity index (χ3v) is 5.60. The maximum atomic E-state index is 12.1. The minimum absolute atomic E-state index is 0.267. The van der Waals surface area contributed by atoms with Crippen molar-refractivity contribution >= 4 is 24.7 Å². The van der Waals surface area contributed by atoms with Crippen LogP contribution in [-0.2, 0) is 30.2 Å². The van der Waals surface area contributed by atoms with Gasteiger partial charge in [0.15, 0.2) is 0 Å². The summed E-state index contributed by atoms with van der Waals surface area (Å²) in [6.45, 7) is 10.8. The zero-order chi connectivity index (χ0) is 33.8. The van der Waals surface area contributed by atoms with Gasteiger partial charge >= 0.3 is 11.9 Å². The highest BCUT2D eigenvalue weighted by Crippen LogP contribution is 2.15. The Morgan fingerprint density at radius 1 is 0.696 bits per heavy atom. The fourth-order valence-electron chi connectivity index (χ4n) is 3.33. The van der Waals surface area contributed by atoms with Crippen molar-refractivity contribution < 1.29 is 47.6 Å². The molecule has 46 heavy (non-hydrogen) atoms. The van der Waals surface area contributed by atoms with E-state index in [1.807, 2.05) is 31.2 Å². The second-order valence-electron chi connectivity index (χ2n) is 9.10. The Kier molecular flexibility index (Phi) is 21.0. The summed E-state index contributed by atoms with van der Waals surface area (Å²) in [6.07, 6.45) is 5.49. The molecular weight excluding hydrogens is 592 g/mol. The number of hydrogen-bond acceptors (Lipinski definition) is 10. The molecule has 0 radical (unpaired) electrons. The first kappa shape index (κ1) is 38.6. The van der Waals surface area contributed by atoms with E-state index in [1.54, 1.807) is 61.7 Å². The van der Waals surface area contributed by atoms with Gasteiger partial charge in [0.05, 0.1) is 45.7 Å². The van der Waals surface area contributed by atoms with Gasteiger partial charge in [-0.05, 0) is 73.2 Å². The van der Waals surface area contributed by atoms with Crippen LogP contribution in [0.5, 0.6) is 17.2 Å². The van der Waals surface area contributed by atoms with Crippen molar-refractivity contribution in [2.75, 3.05) is 40.1 Å². The number of carbonyl (C=O) groups excluding carboxylic acids is 4. The van der Waals surface area contributed by atoms with Crippen LogP contribution < -0.4 is 14.2 Å². The molecule has 0 spiro atoms. The SMILES string of the molecule is C=CC.C=CC(=O)OCCCOc1ccc(C(=O)OCCc2ccc(OC)cc2)cc1.O=COCCCOc1ccc(C=O)cc1. The number of carbonyl (C=O) groups is 4. The van der Waals surface area contributed by atoms with Gasteiger partial charge in [0.2, 0.25) is 0 Å². The molecule has 246 valence electrons. The molecule has 10 nitrogen and oxygen atoms in total. The summed E-state index contributed by atoms with van der Waals surface area (Å²) < 4.78 is 30.7. The topological polar surface area (TPSA) is 124 Å². The molecule has 0 aliphatic carbocycles. The van der Waals surface area contributed by atoms with E-state index in [2.05, 4.69) is 17.9 Å². The van der Waals surface area contributed by atoms with Gasteiger partial charge in [0.1, 0.15) is 23.5 Å². The van der Waals surface area contributed by atoms with Gasteiger partial charge < -0.3 is 28.4 Å². The number of rotatable bonds is 18. The third kappa shape index (κ3) is 17.7. The Hall–Kier alpha value is -5.38. The minimum Gasteiger partial charge on any atom is -0.497 e. The number of aldehydes is 1. The Morgan fingerprint density at radius 3 is 1.76 bits per heavy atom. The average Bonchev–Trinajstić information content (AvgIpc) is 3.09. The Morgan fingerprint density at radius 2 is 1.24 bits per heavy atom. The number of allylic oxidation sites excluding steroid dienone is 1. The van der Waals surface area contributed by atoms with Gasteiger partial charge in [-0.25, -0.2) is 9.59 Å². The fourth-order valence-corrected chi connectivity index (χ4v) is 3.33. The van der Waals surface area contributed by atoms with E-state index >= 15 is 0 Å². The zero-order valence-corrected chi connectivity index (χ0v) is 26.4. The van der Waals surface area contributed by atoms with Gasteiger partial charge in [-0.3, -0.25) is 9.59 Å². The molecule has 3 aromatic carbocycles. The smallest absolute Gasteiger partial charge is 0.338 e. The molecule has 0 atom stereocenters. The Bertz CT molecular complexity index is 1300. The quantitative estimate of drug-likeness (QED) is 0.0397. The monoisotopic (exact) mass is 634 g/mol. The molecule has 3 rings (SSSR count). The van der Waals surface area contributed by atoms with Crippen molar-refractivity contribution in [2.24, 2.45) is 0 Å². The summed E-state index contributed by atoms with van der Waals surface area (Å²) >= 11 is 0. The van der Waals surface area contributed by atoms with Crippen molar-refractivity contribution in [3.63, 3.8) is 0 Å². The van der Waals surface area contributed by atoms with E-state index < -0.39 is 5.97 Å². The van der Waals surface area contributed by atoms with E-state index in [0.29, 0.717) is 74.8 Å². The lowest BCUT2D eigenvalue weighted by Crippen LogP contribution is -2.08. The highest BCUT2D eigenvalue weighted by Gasteiger charge is 2.08. The highest BCUT2D eigenvalue weighted by atomic mass is 16.5. The maximum Gasteiger partial charge on any atom is 0.338 e. The predicted octanol–water partition coefficient (Wildman–Crippen LogP) is 6.23. The van der Waals surface area contributed by atoms with Crippen molar-refractivity contribution in [3.8, 4) is 17.2 Å². The molecule has 0 bridgehead atoms. The van der Waals surface area contributed by atoms with Crippen molar-refractivity contribution in [2.45, 2.75) is 26.2 Å². The molecule has 0 aromatic heterocycles. The molecule has 0 fully saturated rings. The third-order valence-electron chi connectivity index (χ3n) is 5.60. The van der Waals surface area contributed by atoms with Crippen LogP contribution in [-0.4, -0.2) is 64.8 Å². The molecule has 0 amide bonds. The lowest BCUT2D eigenvalue weighted by atomic mass is 10.1.